The summed E-state index contributed by atoms with van der Waals surface area (Å²) >= 11 is -2.09. The van der Waals surface area contributed by atoms with Crippen molar-refractivity contribution >= 4 is 11.5 Å². The molecular weight excluding hydrogens is 516 g/mol. The van der Waals surface area contributed by atoms with Crippen LogP contribution in [0.1, 0.15) is 89.1 Å². The predicted octanol–water partition coefficient (Wildman–Crippen LogP) is 9.38. The first-order valence-electron chi connectivity index (χ1n) is 13.1. The molecule has 0 nitrogen and oxygen atoms in total. The van der Waals surface area contributed by atoms with Gasteiger partial charge in [0.2, 0.25) is 0 Å². The van der Waals surface area contributed by atoms with Gasteiger partial charge in [-0.2, -0.15) is 0 Å². The molecule has 0 heterocycles. The van der Waals surface area contributed by atoms with Gasteiger partial charge < -0.3 is 0 Å². The molecule has 3 aromatic rings. The summed E-state index contributed by atoms with van der Waals surface area (Å²) in [6.45, 7) is 21.8. The Balaban J connectivity index is 1.79. The average Bonchev–Trinajstić information content (AvgIpc) is 3.27. The zero-order valence-corrected chi connectivity index (χ0v) is 26.5. The first kappa shape index (κ1) is 25.2. The molecule has 1 unspecified atom stereocenters. The van der Waals surface area contributed by atoms with E-state index >= 15 is 0 Å². The topological polar surface area (TPSA) is 0 Å². The number of benzene rings is 3. The van der Waals surface area contributed by atoms with E-state index in [0.717, 1.165) is 0 Å². The third-order valence-electron chi connectivity index (χ3n) is 8.09. The molecule has 0 radical (unpaired) electrons. The van der Waals surface area contributed by atoms with Crippen LogP contribution in [0.25, 0.3) is 17.2 Å². The van der Waals surface area contributed by atoms with Gasteiger partial charge in [0, 0.05) is 0 Å². The molecule has 0 bridgehead atoms. The van der Waals surface area contributed by atoms with E-state index in [1.54, 1.807) is 22.3 Å². The Morgan fingerprint density at radius 1 is 0.657 bits per heavy atom. The second-order valence-corrected chi connectivity index (χ2v) is 30.8. The van der Waals surface area contributed by atoms with Crippen LogP contribution in [0.5, 0.6) is 0 Å². The molecule has 35 heavy (non-hydrogen) atoms. The third kappa shape index (κ3) is 4.34. The molecule has 0 aromatic heterocycles. The predicted molar refractivity (Wildman–Crippen MR) is 151 cm³/mol. The van der Waals surface area contributed by atoms with E-state index in [2.05, 4.69) is 128 Å². The van der Waals surface area contributed by atoms with Gasteiger partial charge in [-0.1, -0.05) is 0 Å². The Bertz CT molecular complexity index is 1320. The summed E-state index contributed by atoms with van der Waals surface area (Å²) in [5, 5.41) is 0. The van der Waals surface area contributed by atoms with Gasteiger partial charge in [0.25, 0.3) is 0 Å². The first-order valence-corrected chi connectivity index (χ1v) is 22.1. The Morgan fingerprint density at radius 2 is 1.17 bits per heavy atom. The molecule has 0 amide bonds. The van der Waals surface area contributed by atoms with Crippen LogP contribution in [0.15, 0.2) is 66.2 Å². The fourth-order valence-electron chi connectivity index (χ4n) is 6.17. The molecule has 0 fully saturated rings. The van der Waals surface area contributed by atoms with Gasteiger partial charge in [-0.15, -0.1) is 0 Å². The van der Waals surface area contributed by atoms with Gasteiger partial charge >= 0.3 is 222 Å². The molecule has 2 aliphatic rings. The van der Waals surface area contributed by atoms with Gasteiger partial charge in [-0.3, -0.25) is 0 Å². The number of hydrogen-bond acceptors (Lipinski definition) is 0. The van der Waals surface area contributed by atoms with Crippen molar-refractivity contribution in [1.29, 1.82) is 0 Å². The van der Waals surface area contributed by atoms with E-state index in [1.165, 1.54) is 27.8 Å². The monoisotopic (exact) mass is 554 g/mol. The maximum atomic E-state index is 2.63. The molecule has 2 aliphatic carbocycles. The Labute approximate surface area is 221 Å². The minimum absolute atomic E-state index is 0.163. The van der Waals surface area contributed by atoms with Crippen molar-refractivity contribution < 1.29 is 20.4 Å². The Kier molecular flexibility index (Phi) is 6.33. The number of hydrogen-bond donors (Lipinski definition) is 0. The van der Waals surface area contributed by atoms with Crippen LogP contribution in [0.2, 0.25) is 13.1 Å². The van der Waals surface area contributed by atoms with E-state index in [-0.39, 0.29) is 10.8 Å². The van der Waals surface area contributed by atoms with Crippen LogP contribution in [-0.2, 0) is 31.2 Å². The molecule has 0 saturated carbocycles. The maximum absolute atomic E-state index is 2.63. The second kappa shape index (κ2) is 8.81. The van der Waals surface area contributed by atoms with Crippen molar-refractivity contribution in [2.45, 2.75) is 79.6 Å². The molecule has 0 spiro atoms. The van der Waals surface area contributed by atoms with Crippen LogP contribution < -0.4 is 0 Å². The second-order valence-electron chi connectivity index (χ2n) is 12.9. The molecular formula is C33H40SiZr. The standard InChI is InChI=1S/C21H25.C10H9.C2H6Si.Zr/c1-20(2,3)16-7-9-18-14(12-16)11-15-13-17(21(4,5)6)8-10-19(15)18;1-8-6-9-4-2-3-5-10(9)7-8;1-3-2;/h7-13H,1-6H3;2-7H,1H3;1-2H3;. The molecule has 0 saturated heterocycles. The van der Waals surface area contributed by atoms with Crippen molar-refractivity contribution in [3.63, 3.8) is 0 Å². The third-order valence-corrected chi connectivity index (χ3v) is 27.6. The number of allylic oxidation sites excluding steroid dienone is 1. The molecule has 1 atom stereocenters. The van der Waals surface area contributed by atoms with Crippen LogP contribution in [0.3, 0.4) is 0 Å². The van der Waals surface area contributed by atoms with Gasteiger partial charge in [-0.05, 0) is 0 Å². The summed E-state index contributed by atoms with van der Waals surface area (Å²) in [5.74, 6) is 0. The van der Waals surface area contributed by atoms with E-state index in [4.69, 9.17) is 0 Å². The van der Waals surface area contributed by atoms with Crippen molar-refractivity contribution in [1.82, 2.24) is 0 Å². The molecule has 180 valence electrons. The molecule has 0 N–H and O–H groups in total. The fraction of sp³-hybridized carbons (Fsp3) is 0.394. The summed E-state index contributed by atoms with van der Waals surface area (Å²) in [6.07, 6.45) is 2.50. The summed E-state index contributed by atoms with van der Waals surface area (Å²) in [6, 6.07) is 24.2. The summed E-state index contributed by atoms with van der Waals surface area (Å²) in [5.41, 5.74) is 13.9. The van der Waals surface area contributed by atoms with E-state index in [0.29, 0.717) is 7.25 Å². The fourth-order valence-corrected chi connectivity index (χ4v) is 26.5. The number of fused-ring (bicyclic) bond motifs is 4. The molecule has 5 rings (SSSR count). The normalized spacial score (nSPS) is 17.1. The van der Waals surface area contributed by atoms with Crippen LogP contribution in [-0.4, -0.2) is 5.43 Å². The summed E-state index contributed by atoms with van der Waals surface area (Å²) in [7, 11) is 0. The number of rotatable bonds is 2. The summed E-state index contributed by atoms with van der Waals surface area (Å²) in [4.78, 5) is 0. The van der Waals surface area contributed by atoms with Gasteiger partial charge in [0.15, 0.2) is 0 Å². The van der Waals surface area contributed by atoms with Gasteiger partial charge in [0.1, 0.15) is 0 Å². The zero-order valence-electron chi connectivity index (χ0n) is 23.0. The average molecular weight is 556 g/mol. The minimum atomic E-state index is -2.09. The van der Waals surface area contributed by atoms with Crippen molar-refractivity contribution in [3.8, 4) is 11.1 Å². The van der Waals surface area contributed by atoms with E-state index in [9.17, 15) is 0 Å². The Hall–Kier alpha value is -1.50. The van der Waals surface area contributed by atoms with E-state index in [1.807, 2.05) is 0 Å². The van der Waals surface area contributed by atoms with Crippen LogP contribution >= 0.6 is 0 Å². The van der Waals surface area contributed by atoms with Gasteiger partial charge in [-0.25, -0.2) is 0 Å². The van der Waals surface area contributed by atoms with Crippen LogP contribution in [0.4, 0.5) is 0 Å². The molecule has 3 aromatic carbocycles. The van der Waals surface area contributed by atoms with Crippen molar-refractivity contribution in [2.75, 3.05) is 0 Å². The molecule has 2 heteroatoms. The zero-order chi connectivity index (χ0) is 25.3. The SMILES string of the molecule is CC1=Cc2ccccc2[CH]1[Zr]([CH]1c2cc(C(C)(C)C)ccc2-c2ccc(C(C)(C)C)cc21)=[Si](C)C. The quantitative estimate of drug-likeness (QED) is 0.276. The van der Waals surface area contributed by atoms with Crippen LogP contribution in [0, 0.1) is 0 Å². The summed E-state index contributed by atoms with van der Waals surface area (Å²) < 4.78 is 1.33. The van der Waals surface area contributed by atoms with Crippen molar-refractivity contribution in [2.24, 2.45) is 0 Å². The Morgan fingerprint density at radius 3 is 1.66 bits per heavy atom. The first-order chi connectivity index (χ1) is 16.4. The molecule has 0 aliphatic heterocycles. The van der Waals surface area contributed by atoms with E-state index < -0.39 is 25.8 Å². The van der Waals surface area contributed by atoms with Gasteiger partial charge in [0.05, 0.1) is 0 Å². The van der Waals surface area contributed by atoms with Crippen molar-refractivity contribution in [3.05, 3.63) is 99.6 Å².